The number of nitrogens with one attached hydrogen (secondary N) is 2. The molecule has 2 heterocycles. The molecule has 1 amide bonds. The van der Waals surface area contributed by atoms with E-state index in [-0.39, 0.29) is 34.5 Å². The van der Waals surface area contributed by atoms with Crippen LogP contribution in [0.25, 0.3) is 10.2 Å². The van der Waals surface area contributed by atoms with Gasteiger partial charge in [-0.2, -0.15) is 0 Å². The fraction of sp³-hybridized carbons (Fsp3) is 0.286. The van der Waals surface area contributed by atoms with Crippen molar-refractivity contribution >= 4 is 60.7 Å². The van der Waals surface area contributed by atoms with Gasteiger partial charge < -0.3 is 15.0 Å². The average molecular weight is 602 g/mol. The molecule has 1 aromatic heterocycles. The molecule has 4 aromatic rings. The molecule has 9 nitrogen and oxygen atoms in total. The highest BCUT2D eigenvalue weighted by atomic mass is 35.5. The number of ether oxygens (including phenoxy) is 1. The first-order valence-electron chi connectivity index (χ1n) is 12.7. The Labute approximate surface area is 244 Å². The van der Waals surface area contributed by atoms with Gasteiger partial charge in [0.2, 0.25) is 0 Å². The quantitative estimate of drug-likeness (QED) is 0.293. The van der Waals surface area contributed by atoms with Gasteiger partial charge in [-0.25, -0.2) is 13.4 Å². The Bertz CT molecular complexity index is 1570. The first-order chi connectivity index (χ1) is 18.8. The van der Waals surface area contributed by atoms with Gasteiger partial charge in [0.1, 0.15) is 5.75 Å². The number of nitrogens with zero attached hydrogens (tertiary/aromatic N) is 3. The minimum atomic E-state index is -3.87. The van der Waals surface area contributed by atoms with Gasteiger partial charge in [-0.3, -0.25) is 14.4 Å². The fourth-order valence-corrected chi connectivity index (χ4v) is 6.70. The van der Waals surface area contributed by atoms with Crippen LogP contribution < -0.4 is 19.7 Å². The minimum Gasteiger partial charge on any atom is -0.497 e. The summed E-state index contributed by atoms with van der Waals surface area (Å²) in [5.41, 5.74) is 2.77. The van der Waals surface area contributed by atoms with Crippen LogP contribution in [0, 0.1) is 6.92 Å². The second kappa shape index (κ2) is 12.9. The summed E-state index contributed by atoms with van der Waals surface area (Å²) in [6.45, 7) is 6.76. The third kappa shape index (κ3) is 6.67. The van der Waals surface area contributed by atoms with Gasteiger partial charge in [-0.15, -0.1) is 12.4 Å². The fourth-order valence-electron chi connectivity index (χ4n) is 4.52. The molecule has 40 heavy (non-hydrogen) atoms. The monoisotopic (exact) mass is 601 g/mol. The number of hydrogen-bond acceptors (Lipinski definition) is 8. The van der Waals surface area contributed by atoms with Gasteiger partial charge in [-0.05, 0) is 55.0 Å². The molecular formula is C28H32ClN5O4S2. The SMILES string of the molecule is COc1ccc(S(=O)(=O)Nc2ccccc2C(=O)NCCN2CCN(c3nc4c(C)cccc4s3)CC2)cc1.Cl. The van der Waals surface area contributed by atoms with Gasteiger partial charge in [0.05, 0.1) is 33.5 Å². The largest absolute Gasteiger partial charge is 0.497 e. The highest BCUT2D eigenvalue weighted by Gasteiger charge is 2.21. The Morgan fingerprint density at radius 1 is 1.00 bits per heavy atom. The predicted octanol–water partition coefficient (Wildman–Crippen LogP) is 4.39. The third-order valence-electron chi connectivity index (χ3n) is 6.75. The number of methoxy groups -OCH3 is 1. The van der Waals surface area contributed by atoms with Crippen molar-refractivity contribution in [1.29, 1.82) is 0 Å². The van der Waals surface area contributed by atoms with Gasteiger partial charge >= 0.3 is 0 Å². The zero-order valence-electron chi connectivity index (χ0n) is 22.3. The van der Waals surface area contributed by atoms with Gasteiger partial charge in [0, 0.05) is 39.3 Å². The van der Waals surface area contributed by atoms with E-state index in [1.807, 2.05) is 0 Å². The Morgan fingerprint density at radius 2 is 1.73 bits per heavy atom. The molecule has 0 saturated carbocycles. The summed E-state index contributed by atoms with van der Waals surface area (Å²) >= 11 is 1.73. The number of carbonyl (C=O) groups is 1. The molecule has 0 atom stereocenters. The number of sulfonamides is 1. The topological polar surface area (TPSA) is 104 Å². The Kier molecular flexibility index (Phi) is 9.52. The van der Waals surface area contributed by atoms with E-state index in [0.717, 1.165) is 36.8 Å². The summed E-state index contributed by atoms with van der Waals surface area (Å²) in [6.07, 6.45) is 0. The van der Waals surface area contributed by atoms with Crippen molar-refractivity contribution in [2.24, 2.45) is 0 Å². The van der Waals surface area contributed by atoms with Crippen molar-refractivity contribution in [3.05, 3.63) is 77.9 Å². The second-order valence-electron chi connectivity index (χ2n) is 9.33. The first-order valence-corrected chi connectivity index (χ1v) is 15.0. The van der Waals surface area contributed by atoms with Crippen molar-refractivity contribution in [3.8, 4) is 5.75 Å². The number of fused-ring (bicyclic) bond motifs is 1. The number of aromatic nitrogens is 1. The molecule has 212 valence electrons. The Hall–Kier alpha value is -3.38. The normalized spacial score (nSPS) is 14.0. The summed E-state index contributed by atoms with van der Waals surface area (Å²) in [7, 11) is -2.36. The van der Waals surface area contributed by atoms with E-state index in [2.05, 4.69) is 45.0 Å². The molecule has 5 rings (SSSR count). The smallest absolute Gasteiger partial charge is 0.261 e. The van der Waals surface area contributed by atoms with Crippen LogP contribution in [-0.4, -0.2) is 70.6 Å². The number of carbonyl (C=O) groups excluding carboxylic acids is 1. The van der Waals surface area contributed by atoms with E-state index in [1.165, 1.54) is 29.5 Å². The van der Waals surface area contributed by atoms with Crippen LogP contribution in [0.3, 0.4) is 0 Å². The standard InChI is InChI=1S/C28H31N5O4S2.ClH/c1-20-6-5-9-25-26(20)30-28(38-25)33-18-16-32(17-19-33)15-14-29-27(34)23-7-3-4-8-24(23)31-39(35,36)22-12-10-21(37-2)11-13-22;/h3-13,31H,14-19H2,1-2H3,(H,29,34);1H. The van der Waals surface area contributed by atoms with Crippen molar-refractivity contribution in [1.82, 2.24) is 15.2 Å². The molecule has 1 saturated heterocycles. The van der Waals surface area contributed by atoms with E-state index in [1.54, 1.807) is 47.7 Å². The summed E-state index contributed by atoms with van der Waals surface area (Å²) < 4.78 is 34.6. The maximum atomic E-state index is 13.0. The lowest BCUT2D eigenvalue weighted by Gasteiger charge is -2.34. The highest BCUT2D eigenvalue weighted by Crippen LogP contribution is 2.31. The van der Waals surface area contributed by atoms with Crippen LogP contribution in [0.15, 0.2) is 71.6 Å². The lowest BCUT2D eigenvalue weighted by Crippen LogP contribution is -2.48. The number of benzene rings is 3. The average Bonchev–Trinajstić information content (AvgIpc) is 3.39. The Morgan fingerprint density at radius 3 is 2.42 bits per heavy atom. The van der Waals surface area contributed by atoms with Gasteiger partial charge in [-0.1, -0.05) is 35.6 Å². The summed E-state index contributed by atoms with van der Waals surface area (Å²) in [4.78, 5) is 22.5. The molecule has 0 spiro atoms. The minimum absolute atomic E-state index is 0. The molecule has 1 fully saturated rings. The number of thiazole rings is 1. The van der Waals surface area contributed by atoms with E-state index in [0.29, 0.717) is 18.8 Å². The maximum Gasteiger partial charge on any atom is 0.261 e. The molecule has 1 aliphatic rings. The molecule has 0 bridgehead atoms. The number of aryl methyl sites for hydroxylation is 1. The number of halogens is 1. The van der Waals surface area contributed by atoms with Crippen LogP contribution in [0.4, 0.5) is 10.8 Å². The molecule has 12 heteroatoms. The van der Waals surface area contributed by atoms with Crippen molar-refractivity contribution in [2.45, 2.75) is 11.8 Å². The van der Waals surface area contributed by atoms with E-state index in [9.17, 15) is 13.2 Å². The lowest BCUT2D eigenvalue weighted by molar-refractivity contribution is 0.0948. The van der Waals surface area contributed by atoms with Crippen LogP contribution >= 0.6 is 23.7 Å². The molecule has 0 unspecified atom stereocenters. The molecule has 0 radical (unpaired) electrons. The van der Waals surface area contributed by atoms with Crippen LogP contribution in [-0.2, 0) is 10.0 Å². The van der Waals surface area contributed by atoms with Gasteiger partial charge in [0.15, 0.2) is 5.13 Å². The lowest BCUT2D eigenvalue weighted by atomic mass is 10.1. The van der Waals surface area contributed by atoms with Crippen LogP contribution in [0.2, 0.25) is 0 Å². The number of anilines is 2. The number of piperazine rings is 1. The van der Waals surface area contributed by atoms with E-state index in [4.69, 9.17) is 9.72 Å². The first kappa shape index (κ1) is 29.6. The summed E-state index contributed by atoms with van der Waals surface area (Å²) in [5, 5.41) is 3.99. The molecule has 2 N–H and O–H groups in total. The number of rotatable bonds is 9. The van der Waals surface area contributed by atoms with Crippen molar-refractivity contribution < 1.29 is 17.9 Å². The Balaban J connectivity index is 0.00000370. The van der Waals surface area contributed by atoms with E-state index < -0.39 is 10.0 Å². The summed E-state index contributed by atoms with van der Waals surface area (Å²) in [6, 6.07) is 18.9. The van der Waals surface area contributed by atoms with Crippen molar-refractivity contribution in [3.63, 3.8) is 0 Å². The second-order valence-corrected chi connectivity index (χ2v) is 12.0. The van der Waals surface area contributed by atoms with Crippen molar-refractivity contribution in [2.75, 3.05) is 56.0 Å². The van der Waals surface area contributed by atoms with Crippen LogP contribution in [0.5, 0.6) is 5.75 Å². The molecule has 0 aliphatic carbocycles. The summed E-state index contributed by atoms with van der Waals surface area (Å²) in [5.74, 6) is 0.230. The zero-order valence-corrected chi connectivity index (χ0v) is 24.7. The molecule has 1 aliphatic heterocycles. The van der Waals surface area contributed by atoms with E-state index >= 15 is 0 Å². The molecular weight excluding hydrogens is 570 g/mol. The zero-order chi connectivity index (χ0) is 27.4. The number of hydrogen-bond donors (Lipinski definition) is 2. The number of amides is 1. The highest BCUT2D eigenvalue weighted by molar-refractivity contribution is 7.92. The number of para-hydroxylation sites is 2. The predicted molar refractivity (Wildman–Crippen MR) is 163 cm³/mol. The van der Waals surface area contributed by atoms with Crippen LogP contribution in [0.1, 0.15) is 15.9 Å². The van der Waals surface area contributed by atoms with Gasteiger partial charge in [0.25, 0.3) is 15.9 Å². The third-order valence-corrected chi connectivity index (χ3v) is 9.21. The molecule has 3 aromatic carbocycles. The maximum absolute atomic E-state index is 13.0.